The van der Waals surface area contributed by atoms with Crippen LogP contribution >= 0.6 is 0 Å². The minimum Gasteiger partial charge on any atom is -0.493 e. The maximum absolute atomic E-state index is 12.1. The van der Waals surface area contributed by atoms with Crippen LogP contribution in [0.3, 0.4) is 0 Å². The molecule has 0 unspecified atom stereocenters. The van der Waals surface area contributed by atoms with Crippen LogP contribution in [0.15, 0.2) is 48.7 Å². The van der Waals surface area contributed by atoms with E-state index in [-0.39, 0.29) is 5.91 Å². The van der Waals surface area contributed by atoms with Crippen LogP contribution in [-0.2, 0) is 11.2 Å². The van der Waals surface area contributed by atoms with Crippen molar-refractivity contribution >= 4 is 34.5 Å². The fourth-order valence-corrected chi connectivity index (χ4v) is 3.90. The Balaban J connectivity index is 1.60. The Kier molecular flexibility index (Phi) is 6.02. The van der Waals surface area contributed by atoms with Gasteiger partial charge < -0.3 is 29.7 Å². The lowest BCUT2D eigenvalue weighted by Gasteiger charge is -2.20. The fraction of sp³-hybridized carbons (Fsp3) is 0.250. The van der Waals surface area contributed by atoms with Crippen molar-refractivity contribution in [2.24, 2.45) is 0 Å². The van der Waals surface area contributed by atoms with Crippen LogP contribution in [0.1, 0.15) is 12.5 Å². The molecule has 0 fully saturated rings. The molecule has 4 rings (SSSR count). The van der Waals surface area contributed by atoms with Gasteiger partial charge in [0.05, 0.1) is 32.7 Å². The smallest absolute Gasteiger partial charge is 0.223 e. The number of pyridine rings is 1. The first-order valence-electron chi connectivity index (χ1n) is 10.2. The average Bonchev–Trinajstić information content (AvgIpc) is 3.24. The lowest BCUT2D eigenvalue weighted by molar-refractivity contribution is -0.116. The van der Waals surface area contributed by atoms with Crippen molar-refractivity contribution in [2.45, 2.75) is 13.3 Å². The first-order valence-corrected chi connectivity index (χ1v) is 10.2. The Morgan fingerprint density at radius 3 is 2.38 bits per heavy atom. The number of carbonyl (C=O) groups excluding carboxylic acids is 1. The number of ether oxygens (including phenoxy) is 3. The summed E-state index contributed by atoms with van der Waals surface area (Å²) in [6.07, 6.45) is 2.57. The third-order valence-corrected chi connectivity index (χ3v) is 5.35. The van der Waals surface area contributed by atoms with Gasteiger partial charge in [0.15, 0.2) is 11.5 Å². The monoisotopic (exact) mass is 434 g/mol. The first-order chi connectivity index (χ1) is 15.5. The van der Waals surface area contributed by atoms with E-state index in [0.717, 1.165) is 34.7 Å². The molecule has 32 heavy (non-hydrogen) atoms. The Morgan fingerprint density at radius 2 is 1.72 bits per heavy atom. The van der Waals surface area contributed by atoms with Gasteiger partial charge in [-0.3, -0.25) is 4.79 Å². The standard InChI is InChI=1S/C24H26N4O4/c1-15(29)28-11-9-16-6-5-7-19(23(16)28)26-17-8-10-25-22(14-17)27-18-12-20(30-2)24(32-4)21(13-18)31-3/h5-8,10,12-14H,9,11H2,1-4H3,(H2,25,26,27). The molecule has 1 aliphatic heterocycles. The van der Waals surface area contributed by atoms with Crippen LogP contribution < -0.4 is 29.7 Å². The van der Waals surface area contributed by atoms with Crippen molar-refractivity contribution in [1.29, 1.82) is 0 Å². The summed E-state index contributed by atoms with van der Waals surface area (Å²) >= 11 is 0. The van der Waals surface area contributed by atoms with Crippen molar-refractivity contribution in [3.8, 4) is 17.2 Å². The van der Waals surface area contributed by atoms with E-state index in [1.54, 1.807) is 34.4 Å². The van der Waals surface area contributed by atoms with E-state index in [4.69, 9.17) is 14.2 Å². The Morgan fingerprint density at radius 1 is 0.969 bits per heavy atom. The van der Waals surface area contributed by atoms with Crippen molar-refractivity contribution < 1.29 is 19.0 Å². The van der Waals surface area contributed by atoms with E-state index < -0.39 is 0 Å². The highest BCUT2D eigenvalue weighted by Crippen LogP contribution is 2.41. The molecule has 166 valence electrons. The molecule has 1 aliphatic rings. The molecule has 1 amide bonds. The number of carbonyl (C=O) groups is 1. The summed E-state index contributed by atoms with van der Waals surface area (Å²) in [6.45, 7) is 2.30. The number of nitrogens with one attached hydrogen (secondary N) is 2. The summed E-state index contributed by atoms with van der Waals surface area (Å²) in [6, 6.07) is 13.5. The summed E-state index contributed by atoms with van der Waals surface area (Å²) in [7, 11) is 4.72. The van der Waals surface area contributed by atoms with Gasteiger partial charge in [0, 0.05) is 49.2 Å². The second-order valence-electron chi connectivity index (χ2n) is 7.33. The van der Waals surface area contributed by atoms with E-state index in [1.165, 1.54) is 0 Å². The summed E-state index contributed by atoms with van der Waals surface area (Å²) < 4.78 is 16.2. The molecule has 0 saturated carbocycles. The highest BCUT2D eigenvalue weighted by Gasteiger charge is 2.25. The number of hydrogen-bond donors (Lipinski definition) is 2. The number of anilines is 5. The van der Waals surface area contributed by atoms with Gasteiger partial charge in [-0.1, -0.05) is 12.1 Å². The second kappa shape index (κ2) is 9.05. The molecule has 2 heterocycles. The number of rotatable bonds is 7. The molecule has 2 aromatic carbocycles. The third-order valence-electron chi connectivity index (χ3n) is 5.35. The van der Waals surface area contributed by atoms with Gasteiger partial charge >= 0.3 is 0 Å². The summed E-state index contributed by atoms with van der Waals surface area (Å²) in [5.41, 5.74) is 4.58. The molecule has 8 heteroatoms. The number of nitrogens with zero attached hydrogens (tertiary/aromatic N) is 2. The van der Waals surface area contributed by atoms with Crippen LogP contribution in [0.4, 0.5) is 28.6 Å². The van der Waals surface area contributed by atoms with Gasteiger partial charge in [-0.2, -0.15) is 0 Å². The van der Waals surface area contributed by atoms with Gasteiger partial charge in [-0.05, 0) is 24.1 Å². The summed E-state index contributed by atoms with van der Waals surface area (Å²) in [5.74, 6) is 2.30. The Hall–Kier alpha value is -3.94. The summed E-state index contributed by atoms with van der Waals surface area (Å²) in [4.78, 5) is 18.3. The number of hydrogen-bond acceptors (Lipinski definition) is 7. The molecule has 0 saturated heterocycles. The first kappa shape index (κ1) is 21.3. The van der Waals surface area contributed by atoms with E-state index >= 15 is 0 Å². The van der Waals surface area contributed by atoms with E-state index in [9.17, 15) is 4.79 Å². The number of methoxy groups -OCH3 is 3. The predicted octanol–water partition coefficient (Wildman–Crippen LogP) is 4.50. The minimum absolute atomic E-state index is 0.0393. The molecule has 0 atom stereocenters. The SMILES string of the molecule is COc1cc(Nc2cc(Nc3cccc4c3N(C(C)=O)CC4)ccn2)cc(OC)c1OC. The average molecular weight is 434 g/mol. The zero-order chi connectivity index (χ0) is 22.7. The van der Waals surface area contributed by atoms with Crippen LogP contribution in [0.5, 0.6) is 17.2 Å². The van der Waals surface area contributed by atoms with Crippen molar-refractivity contribution in [3.05, 3.63) is 54.2 Å². The van der Waals surface area contributed by atoms with Gasteiger partial charge in [-0.25, -0.2) is 4.98 Å². The summed E-state index contributed by atoms with van der Waals surface area (Å²) in [5, 5.41) is 6.71. The van der Waals surface area contributed by atoms with Crippen molar-refractivity contribution in [3.63, 3.8) is 0 Å². The van der Waals surface area contributed by atoms with Gasteiger partial charge in [0.1, 0.15) is 5.82 Å². The molecule has 0 spiro atoms. The molecule has 0 bridgehead atoms. The maximum atomic E-state index is 12.1. The molecule has 2 N–H and O–H groups in total. The highest BCUT2D eigenvalue weighted by atomic mass is 16.5. The molecule has 0 radical (unpaired) electrons. The number of aromatic nitrogens is 1. The lowest BCUT2D eigenvalue weighted by Crippen LogP contribution is -2.26. The maximum Gasteiger partial charge on any atom is 0.223 e. The molecular formula is C24H26N4O4. The zero-order valence-corrected chi connectivity index (χ0v) is 18.6. The molecule has 1 aromatic heterocycles. The largest absolute Gasteiger partial charge is 0.493 e. The molecule has 8 nitrogen and oxygen atoms in total. The zero-order valence-electron chi connectivity index (χ0n) is 18.6. The topological polar surface area (TPSA) is 85.0 Å². The second-order valence-corrected chi connectivity index (χ2v) is 7.33. The van der Waals surface area contributed by atoms with E-state index in [1.807, 2.05) is 41.3 Å². The quantitative estimate of drug-likeness (QED) is 0.566. The highest BCUT2D eigenvalue weighted by molar-refractivity contribution is 5.98. The number of para-hydroxylation sites is 1. The molecule has 0 aliphatic carbocycles. The van der Waals surface area contributed by atoms with Crippen molar-refractivity contribution in [1.82, 2.24) is 4.98 Å². The number of benzene rings is 2. The normalized spacial score (nSPS) is 12.2. The van der Waals surface area contributed by atoms with Crippen LogP contribution in [0, 0.1) is 0 Å². The Bertz CT molecular complexity index is 1120. The molecular weight excluding hydrogens is 408 g/mol. The van der Waals surface area contributed by atoms with Gasteiger partial charge in [0.25, 0.3) is 0 Å². The third kappa shape index (κ3) is 4.12. The fourth-order valence-electron chi connectivity index (χ4n) is 3.90. The Labute approximate surface area is 187 Å². The van der Waals surface area contributed by atoms with Crippen molar-refractivity contribution in [2.75, 3.05) is 43.4 Å². The lowest BCUT2D eigenvalue weighted by atomic mass is 10.1. The number of fused-ring (bicyclic) bond motifs is 1. The van der Waals surface area contributed by atoms with Gasteiger partial charge in [0.2, 0.25) is 11.7 Å². The van der Waals surface area contributed by atoms with Crippen LogP contribution in [0.25, 0.3) is 0 Å². The van der Waals surface area contributed by atoms with Gasteiger partial charge in [-0.15, -0.1) is 0 Å². The predicted molar refractivity (Wildman–Crippen MR) is 125 cm³/mol. The molecule has 3 aromatic rings. The minimum atomic E-state index is 0.0393. The number of amides is 1. The van der Waals surface area contributed by atoms with Crippen LogP contribution in [0.2, 0.25) is 0 Å². The van der Waals surface area contributed by atoms with E-state index in [2.05, 4.69) is 21.7 Å². The van der Waals surface area contributed by atoms with E-state index in [0.29, 0.717) is 29.6 Å². The van der Waals surface area contributed by atoms with Crippen LogP contribution in [-0.4, -0.2) is 38.8 Å².